The topological polar surface area (TPSA) is 54.4 Å². The Morgan fingerprint density at radius 1 is 1.35 bits per heavy atom. The molecular formula is C13H23N3O. The Bertz CT molecular complexity index is 328. The lowest BCUT2D eigenvalue weighted by atomic mass is 9.89. The molecule has 96 valence electrons. The Morgan fingerprint density at radius 3 is 2.59 bits per heavy atom. The zero-order valence-electron chi connectivity index (χ0n) is 10.8. The highest BCUT2D eigenvalue weighted by atomic mass is 16.3. The summed E-state index contributed by atoms with van der Waals surface area (Å²) in [6.07, 6.45) is 5.60. The predicted molar refractivity (Wildman–Crippen MR) is 68.3 cm³/mol. The van der Waals surface area contributed by atoms with Crippen molar-refractivity contribution in [3.63, 3.8) is 0 Å². The summed E-state index contributed by atoms with van der Waals surface area (Å²) in [6.45, 7) is 6.74. The van der Waals surface area contributed by atoms with E-state index in [4.69, 9.17) is 10.3 Å². The van der Waals surface area contributed by atoms with Crippen LogP contribution in [0.3, 0.4) is 0 Å². The van der Waals surface area contributed by atoms with Crippen molar-refractivity contribution < 1.29 is 4.42 Å². The molecule has 1 saturated heterocycles. The van der Waals surface area contributed by atoms with Crippen LogP contribution in [0.25, 0.3) is 0 Å². The summed E-state index contributed by atoms with van der Waals surface area (Å²) < 4.78 is 5.49. The van der Waals surface area contributed by atoms with Gasteiger partial charge < -0.3 is 4.42 Å². The monoisotopic (exact) mass is 237 g/mol. The molecule has 1 aliphatic rings. The SMILES string of the molecule is CC(C)(C(NN)c1ccco1)N1CCCCC1. The summed E-state index contributed by atoms with van der Waals surface area (Å²) in [5, 5.41) is 0. The van der Waals surface area contributed by atoms with Crippen LogP contribution in [0.5, 0.6) is 0 Å². The quantitative estimate of drug-likeness (QED) is 0.621. The number of nitrogens with zero attached hydrogens (tertiary/aromatic N) is 1. The fourth-order valence-electron chi connectivity index (χ4n) is 2.74. The van der Waals surface area contributed by atoms with E-state index >= 15 is 0 Å². The van der Waals surface area contributed by atoms with Crippen molar-refractivity contribution in [3.8, 4) is 0 Å². The van der Waals surface area contributed by atoms with Crippen LogP contribution in [0.2, 0.25) is 0 Å². The van der Waals surface area contributed by atoms with E-state index in [0.717, 1.165) is 18.8 Å². The summed E-state index contributed by atoms with van der Waals surface area (Å²) in [4.78, 5) is 2.50. The zero-order valence-corrected chi connectivity index (χ0v) is 10.8. The molecule has 0 amide bonds. The third-order valence-electron chi connectivity index (χ3n) is 3.87. The number of likely N-dealkylation sites (tertiary alicyclic amines) is 1. The molecule has 2 heterocycles. The van der Waals surface area contributed by atoms with Gasteiger partial charge in [-0.1, -0.05) is 6.42 Å². The number of nitrogens with one attached hydrogen (secondary N) is 1. The second-order valence-corrected chi connectivity index (χ2v) is 5.32. The number of hydrogen-bond donors (Lipinski definition) is 2. The maximum atomic E-state index is 5.72. The second-order valence-electron chi connectivity index (χ2n) is 5.32. The van der Waals surface area contributed by atoms with Crippen LogP contribution < -0.4 is 11.3 Å². The minimum Gasteiger partial charge on any atom is -0.468 e. The van der Waals surface area contributed by atoms with Gasteiger partial charge in [-0.15, -0.1) is 0 Å². The van der Waals surface area contributed by atoms with Crippen LogP contribution in [0.15, 0.2) is 22.8 Å². The Morgan fingerprint density at radius 2 is 2.06 bits per heavy atom. The summed E-state index contributed by atoms with van der Waals surface area (Å²) >= 11 is 0. The van der Waals surface area contributed by atoms with Crippen molar-refractivity contribution in [2.45, 2.75) is 44.7 Å². The summed E-state index contributed by atoms with van der Waals surface area (Å²) in [5.41, 5.74) is 2.87. The molecule has 4 heteroatoms. The molecule has 2 rings (SSSR count). The van der Waals surface area contributed by atoms with Crippen LogP contribution in [0.1, 0.15) is 44.9 Å². The van der Waals surface area contributed by atoms with E-state index in [2.05, 4.69) is 24.2 Å². The van der Waals surface area contributed by atoms with Crippen LogP contribution in [-0.2, 0) is 0 Å². The number of hydrazine groups is 1. The molecule has 1 aromatic heterocycles. The number of piperidine rings is 1. The van der Waals surface area contributed by atoms with Crippen molar-refractivity contribution in [3.05, 3.63) is 24.2 Å². The first kappa shape index (κ1) is 12.6. The number of furan rings is 1. The minimum atomic E-state index is -0.0347. The minimum absolute atomic E-state index is 0.0237. The largest absolute Gasteiger partial charge is 0.468 e. The molecule has 1 aliphatic heterocycles. The van der Waals surface area contributed by atoms with E-state index in [0.29, 0.717) is 0 Å². The van der Waals surface area contributed by atoms with Crippen molar-refractivity contribution in [1.82, 2.24) is 10.3 Å². The number of hydrogen-bond acceptors (Lipinski definition) is 4. The van der Waals surface area contributed by atoms with E-state index in [1.54, 1.807) is 6.26 Å². The fourth-order valence-corrected chi connectivity index (χ4v) is 2.74. The lowest BCUT2D eigenvalue weighted by Gasteiger charge is -2.44. The van der Waals surface area contributed by atoms with Gasteiger partial charge in [0.2, 0.25) is 0 Å². The Labute approximate surface area is 103 Å². The van der Waals surface area contributed by atoms with Crippen LogP contribution in [0, 0.1) is 0 Å². The molecule has 0 spiro atoms. The normalized spacial score (nSPS) is 20.4. The Hall–Kier alpha value is -0.840. The lowest BCUT2D eigenvalue weighted by Crippen LogP contribution is -2.55. The maximum absolute atomic E-state index is 5.72. The maximum Gasteiger partial charge on any atom is 0.123 e. The standard InChI is InChI=1S/C13H23N3O/c1-13(2,16-8-4-3-5-9-16)12(15-14)11-7-6-10-17-11/h6-7,10,12,15H,3-5,8-9,14H2,1-2H3. The van der Waals surface area contributed by atoms with Crippen molar-refractivity contribution in [1.29, 1.82) is 0 Å². The molecule has 1 fully saturated rings. The van der Waals surface area contributed by atoms with Crippen LogP contribution in [0.4, 0.5) is 0 Å². The fraction of sp³-hybridized carbons (Fsp3) is 0.692. The number of nitrogens with two attached hydrogens (primary N) is 1. The van der Waals surface area contributed by atoms with Gasteiger partial charge in [0, 0.05) is 5.54 Å². The molecule has 0 aliphatic carbocycles. The van der Waals surface area contributed by atoms with Gasteiger partial charge in [0.25, 0.3) is 0 Å². The first-order valence-corrected chi connectivity index (χ1v) is 6.41. The second kappa shape index (κ2) is 5.21. The van der Waals surface area contributed by atoms with E-state index < -0.39 is 0 Å². The van der Waals surface area contributed by atoms with E-state index in [1.807, 2.05) is 12.1 Å². The zero-order chi connectivity index (χ0) is 12.3. The van der Waals surface area contributed by atoms with Crippen molar-refractivity contribution >= 4 is 0 Å². The first-order valence-electron chi connectivity index (χ1n) is 6.41. The van der Waals surface area contributed by atoms with Gasteiger partial charge in [-0.25, -0.2) is 5.43 Å². The Kier molecular flexibility index (Phi) is 3.86. The molecular weight excluding hydrogens is 214 g/mol. The summed E-state index contributed by atoms with van der Waals surface area (Å²) in [6, 6.07) is 3.91. The first-order chi connectivity index (χ1) is 8.16. The highest BCUT2D eigenvalue weighted by Crippen LogP contribution is 2.32. The van der Waals surface area contributed by atoms with E-state index in [-0.39, 0.29) is 11.6 Å². The van der Waals surface area contributed by atoms with Gasteiger partial charge in [0.05, 0.1) is 12.3 Å². The molecule has 0 aromatic carbocycles. The van der Waals surface area contributed by atoms with Gasteiger partial charge in [0.15, 0.2) is 0 Å². The van der Waals surface area contributed by atoms with Crippen LogP contribution in [-0.4, -0.2) is 23.5 Å². The molecule has 1 unspecified atom stereocenters. The molecule has 4 nitrogen and oxygen atoms in total. The van der Waals surface area contributed by atoms with Gasteiger partial charge >= 0.3 is 0 Å². The third-order valence-corrected chi connectivity index (χ3v) is 3.87. The summed E-state index contributed by atoms with van der Waals surface area (Å²) in [5.74, 6) is 6.63. The van der Waals surface area contributed by atoms with Crippen LogP contribution >= 0.6 is 0 Å². The van der Waals surface area contributed by atoms with Gasteiger partial charge in [0.1, 0.15) is 5.76 Å². The smallest absolute Gasteiger partial charge is 0.123 e. The molecule has 1 atom stereocenters. The van der Waals surface area contributed by atoms with Crippen molar-refractivity contribution in [2.75, 3.05) is 13.1 Å². The van der Waals surface area contributed by atoms with Gasteiger partial charge in [-0.3, -0.25) is 10.7 Å². The summed E-state index contributed by atoms with van der Waals surface area (Å²) in [7, 11) is 0. The molecule has 0 radical (unpaired) electrons. The molecule has 0 bridgehead atoms. The van der Waals surface area contributed by atoms with Crippen molar-refractivity contribution in [2.24, 2.45) is 5.84 Å². The Balaban J connectivity index is 2.16. The van der Waals surface area contributed by atoms with Gasteiger partial charge in [-0.2, -0.15) is 0 Å². The molecule has 0 saturated carbocycles. The third kappa shape index (κ3) is 2.54. The number of rotatable bonds is 4. The average molecular weight is 237 g/mol. The highest BCUT2D eigenvalue weighted by molar-refractivity contribution is 5.11. The van der Waals surface area contributed by atoms with E-state index in [1.165, 1.54) is 19.3 Å². The predicted octanol–water partition coefficient (Wildman–Crippen LogP) is 2.05. The lowest BCUT2D eigenvalue weighted by molar-refractivity contribution is 0.0536. The highest BCUT2D eigenvalue weighted by Gasteiger charge is 2.37. The van der Waals surface area contributed by atoms with E-state index in [9.17, 15) is 0 Å². The molecule has 3 N–H and O–H groups in total. The van der Waals surface area contributed by atoms with Gasteiger partial charge in [-0.05, 0) is 51.9 Å². The molecule has 1 aromatic rings. The average Bonchev–Trinajstić information content (AvgIpc) is 2.84. The molecule has 17 heavy (non-hydrogen) atoms.